The number of phenolic OH excluding ortho intramolecular Hbond substituents is 1. The number of nitrogens with two attached hydrogens (primary N) is 1. The van der Waals surface area contributed by atoms with Crippen molar-refractivity contribution in [3.05, 3.63) is 28.8 Å². The summed E-state index contributed by atoms with van der Waals surface area (Å²) in [6, 6.07) is 3.24. The summed E-state index contributed by atoms with van der Waals surface area (Å²) in [5.41, 5.74) is 5.38. The molecule has 0 aliphatic carbocycles. The van der Waals surface area contributed by atoms with E-state index in [9.17, 15) is 14.7 Å². The Labute approximate surface area is 114 Å². The van der Waals surface area contributed by atoms with Crippen LogP contribution in [0.3, 0.4) is 0 Å². The van der Waals surface area contributed by atoms with Crippen molar-refractivity contribution < 1.29 is 19.4 Å². The molecule has 19 heavy (non-hydrogen) atoms. The van der Waals surface area contributed by atoms with Crippen LogP contribution in [0.15, 0.2) is 18.2 Å². The fraction of sp³-hybridized carbons (Fsp3) is 0.333. The van der Waals surface area contributed by atoms with Crippen LogP contribution in [0.5, 0.6) is 5.75 Å². The molecule has 1 aromatic carbocycles. The molecule has 1 atom stereocenters. The van der Waals surface area contributed by atoms with Crippen molar-refractivity contribution in [2.24, 2.45) is 5.73 Å². The van der Waals surface area contributed by atoms with Crippen LogP contribution in [0.1, 0.15) is 10.4 Å². The van der Waals surface area contributed by atoms with Crippen LogP contribution < -0.4 is 5.73 Å². The molecule has 0 aromatic heterocycles. The highest BCUT2D eigenvalue weighted by molar-refractivity contribution is 6.34. The molecule has 1 aliphatic rings. The molecule has 1 heterocycles. The number of primary amides is 1. The number of halogens is 1. The molecule has 1 aliphatic heterocycles. The monoisotopic (exact) mass is 284 g/mol. The predicted octanol–water partition coefficient (Wildman–Crippen LogP) is 0.372. The maximum atomic E-state index is 12.4. The largest absolute Gasteiger partial charge is 0.508 e. The van der Waals surface area contributed by atoms with E-state index in [1.807, 2.05) is 0 Å². The quantitative estimate of drug-likeness (QED) is 0.821. The number of hydrogen-bond donors (Lipinski definition) is 2. The Balaban J connectivity index is 2.31. The van der Waals surface area contributed by atoms with Gasteiger partial charge in [0, 0.05) is 6.54 Å². The van der Waals surface area contributed by atoms with Gasteiger partial charge >= 0.3 is 0 Å². The van der Waals surface area contributed by atoms with Crippen molar-refractivity contribution in [2.45, 2.75) is 6.04 Å². The normalized spacial score (nSPS) is 19.2. The van der Waals surface area contributed by atoms with Crippen LogP contribution in [-0.2, 0) is 9.53 Å². The second-order valence-electron chi connectivity index (χ2n) is 4.16. The molecule has 1 saturated heterocycles. The first-order valence-corrected chi connectivity index (χ1v) is 6.05. The van der Waals surface area contributed by atoms with Gasteiger partial charge in [0.2, 0.25) is 5.91 Å². The topological polar surface area (TPSA) is 92.9 Å². The van der Waals surface area contributed by atoms with Crippen LogP contribution in [0.4, 0.5) is 0 Å². The van der Waals surface area contributed by atoms with E-state index in [0.717, 1.165) is 0 Å². The van der Waals surface area contributed by atoms with Crippen molar-refractivity contribution in [1.82, 2.24) is 4.90 Å². The number of amides is 2. The van der Waals surface area contributed by atoms with Crippen LogP contribution in [0, 0.1) is 0 Å². The van der Waals surface area contributed by atoms with E-state index in [4.69, 9.17) is 22.1 Å². The summed E-state index contributed by atoms with van der Waals surface area (Å²) in [6.45, 7) is 0.641. The van der Waals surface area contributed by atoms with Gasteiger partial charge in [-0.25, -0.2) is 0 Å². The fourth-order valence-electron chi connectivity index (χ4n) is 1.91. The molecule has 7 heteroatoms. The smallest absolute Gasteiger partial charge is 0.256 e. The van der Waals surface area contributed by atoms with E-state index in [0.29, 0.717) is 6.61 Å². The number of carbonyl (C=O) groups is 2. The average molecular weight is 285 g/mol. The molecule has 1 unspecified atom stereocenters. The SMILES string of the molecule is NC(=O)C1COCCN1C(=O)c1cc(O)ccc1Cl. The Bertz CT molecular complexity index is 520. The van der Waals surface area contributed by atoms with E-state index in [2.05, 4.69) is 0 Å². The van der Waals surface area contributed by atoms with Gasteiger partial charge < -0.3 is 20.5 Å². The zero-order valence-corrected chi connectivity index (χ0v) is 10.8. The molecule has 6 nitrogen and oxygen atoms in total. The van der Waals surface area contributed by atoms with Crippen LogP contribution >= 0.6 is 11.6 Å². The average Bonchev–Trinajstić information content (AvgIpc) is 2.40. The molecular formula is C12H13ClN2O4. The molecule has 102 valence electrons. The summed E-state index contributed by atoms with van der Waals surface area (Å²) in [5, 5.41) is 9.62. The maximum absolute atomic E-state index is 12.4. The second-order valence-corrected chi connectivity index (χ2v) is 4.56. The van der Waals surface area contributed by atoms with Gasteiger partial charge in [-0.2, -0.15) is 0 Å². The van der Waals surface area contributed by atoms with E-state index in [-0.39, 0.29) is 29.5 Å². The zero-order valence-electron chi connectivity index (χ0n) is 10.0. The molecule has 2 rings (SSSR count). The molecular weight excluding hydrogens is 272 g/mol. The number of ether oxygens (including phenoxy) is 1. The predicted molar refractivity (Wildman–Crippen MR) is 68.0 cm³/mol. The van der Waals surface area contributed by atoms with Crippen LogP contribution in [0.2, 0.25) is 5.02 Å². The van der Waals surface area contributed by atoms with E-state index >= 15 is 0 Å². The lowest BCUT2D eigenvalue weighted by atomic mass is 10.1. The number of nitrogens with zero attached hydrogens (tertiary/aromatic N) is 1. The van der Waals surface area contributed by atoms with Gasteiger partial charge in [-0.15, -0.1) is 0 Å². The summed E-state index contributed by atoms with van der Waals surface area (Å²) < 4.78 is 5.14. The van der Waals surface area contributed by atoms with Gasteiger partial charge in [0.1, 0.15) is 11.8 Å². The van der Waals surface area contributed by atoms with Crippen molar-refractivity contribution in [2.75, 3.05) is 19.8 Å². The minimum Gasteiger partial charge on any atom is -0.508 e. The number of rotatable bonds is 2. The lowest BCUT2D eigenvalue weighted by Crippen LogP contribution is -2.54. The highest BCUT2D eigenvalue weighted by Gasteiger charge is 2.32. The van der Waals surface area contributed by atoms with Gasteiger partial charge in [-0.1, -0.05) is 11.6 Å². The molecule has 0 bridgehead atoms. The Kier molecular flexibility index (Phi) is 3.92. The molecule has 0 radical (unpaired) electrons. The summed E-state index contributed by atoms with van der Waals surface area (Å²) in [4.78, 5) is 25.0. The molecule has 1 fully saturated rings. The molecule has 1 aromatic rings. The third-order valence-corrected chi connectivity index (χ3v) is 3.23. The molecule has 0 saturated carbocycles. The van der Waals surface area contributed by atoms with Crippen molar-refractivity contribution >= 4 is 23.4 Å². The van der Waals surface area contributed by atoms with Gasteiger partial charge in [0.15, 0.2) is 0 Å². The zero-order chi connectivity index (χ0) is 14.0. The molecule has 3 N–H and O–H groups in total. The Morgan fingerprint density at radius 2 is 2.21 bits per heavy atom. The van der Waals surface area contributed by atoms with Gasteiger partial charge in [-0.05, 0) is 18.2 Å². The van der Waals surface area contributed by atoms with Crippen LogP contribution in [0.25, 0.3) is 0 Å². The minimum absolute atomic E-state index is 0.0670. The summed E-state index contributed by atoms with van der Waals surface area (Å²) in [5.74, 6) is -1.16. The molecule has 0 spiro atoms. The van der Waals surface area contributed by atoms with Gasteiger partial charge in [-0.3, -0.25) is 9.59 Å². The minimum atomic E-state index is -0.820. The standard InChI is InChI=1S/C12H13ClN2O4/c13-9-2-1-7(16)5-8(9)12(18)15-3-4-19-6-10(15)11(14)17/h1-2,5,10,16H,3-4,6H2,(H2,14,17). The van der Waals surface area contributed by atoms with Crippen molar-refractivity contribution in [3.63, 3.8) is 0 Å². The number of benzene rings is 1. The Morgan fingerprint density at radius 3 is 2.89 bits per heavy atom. The third kappa shape index (κ3) is 2.80. The van der Waals surface area contributed by atoms with Gasteiger partial charge in [0.25, 0.3) is 5.91 Å². The van der Waals surface area contributed by atoms with E-state index in [1.165, 1.54) is 23.1 Å². The first kappa shape index (κ1) is 13.6. The number of carbonyl (C=O) groups excluding carboxylic acids is 2. The van der Waals surface area contributed by atoms with Crippen molar-refractivity contribution in [1.29, 1.82) is 0 Å². The van der Waals surface area contributed by atoms with Crippen LogP contribution in [-0.4, -0.2) is 47.6 Å². The van der Waals surface area contributed by atoms with E-state index in [1.54, 1.807) is 0 Å². The first-order valence-electron chi connectivity index (χ1n) is 5.67. The maximum Gasteiger partial charge on any atom is 0.256 e. The lowest BCUT2D eigenvalue weighted by molar-refractivity contribution is -0.127. The number of morpholine rings is 1. The second kappa shape index (κ2) is 5.46. The van der Waals surface area contributed by atoms with Gasteiger partial charge in [0.05, 0.1) is 23.8 Å². The highest BCUT2D eigenvalue weighted by atomic mass is 35.5. The third-order valence-electron chi connectivity index (χ3n) is 2.90. The van der Waals surface area contributed by atoms with E-state index < -0.39 is 17.9 Å². The van der Waals surface area contributed by atoms with Crippen molar-refractivity contribution in [3.8, 4) is 5.75 Å². The molecule has 2 amide bonds. The first-order chi connectivity index (χ1) is 9.00. The fourth-order valence-corrected chi connectivity index (χ4v) is 2.11. The Morgan fingerprint density at radius 1 is 1.47 bits per heavy atom. The highest BCUT2D eigenvalue weighted by Crippen LogP contribution is 2.24. The Hall–Kier alpha value is -1.79. The summed E-state index contributed by atoms with van der Waals surface area (Å²) in [7, 11) is 0. The number of aromatic hydroxyl groups is 1. The number of phenols is 1. The number of hydrogen-bond acceptors (Lipinski definition) is 4. The lowest BCUT2D eigenvalue weighted by Gasteiger charge is -2.33. The summed E-state index contributed by atoms with van der Waals surface area (Å²) in [6.07, 6.45) is 0. The summed E-state index contributed by atoms with van der Waals surface area (Å²) >= 11 is 5.93.